The van der Waals surface area contributed by atoms with Crippen LogP contribution in [-0.2, 0) is 9.53 Å². The number of hydrogen-bond donors (Lipinski definition) is 0. The van der Waals surface area contributed by atoms with E-state index in [4.69, 9.17) is 10.00 Å². The molecule has 24 heavy (non-hydrogen) atoms. The van der Waals surface area contributed by atoms with Gasteiger partial charge in [0.1, 0.15) is 23.7 Å². The minimum Gasteiger partial charge on any atom is -0.365 e. The summed E-state index contributed by atoms with van der Waals surface area (Å²) in [5.41, 5.74) is 0.457. The maximum atomic E-state index is 12.0. The average molecular weight is 328 g/mol. The van der Waals surface area contributed by atoms with Crippen molar-refractivity contribution in [2.24, 2.45) is 5.92 Å². The number of carbonyl (C=O) groups is 1. The highest BCUT2D eigenvalue weighted by atomic mass is 16.5. The minimum absolute atomic E-state index is 0.0763. The van der Waals surface area contributed by atoms with Crippen LogP contribution < -0.4 is 4.90 Å². The molecule has 0 radical (unpaired) electrons. The number of hydrogen-bond acceptors (Lipinski definition) is 5. The molecule has 1 aromatic heterocycles. The quantitative estimate of drug-likeness (QED) is 0.846. The molecule has 128 valence electrons. The van der Waals surface area contributed by atoms with Gasteiger partial charge in [-0.1, -0.05) is 6.07 Å². The smallest absolute Gasteiger partial charge is 0.251 e. The summed E-state index contributed by atoms with van der Waals surface area (Å²) in [6.07, 6.45) is 3.79. The van der Waals surface area contributed by atoms with E-state index < -0.39 is 0 Å². The molecule has 2 aliphatic heterocycles. The normalized spacial score (nSPS) is 24.6. The van der Waals surface area contributed by atoms with Gasteiger partial charge in [0.15, 0.2) is 0 Å². The highest BCUT2D eigenvalue weighted by Gasteiger charge is 2.37. The molecule has 0 unspecified atom stereocenters. The van der Waals surface area contributed by atoms with Gasteiger partial charge in [-0.15, -0.1) is 0 Å². The molecule has 0 saturated carbocycles. The molecule has 2 fully saturated rings. The molecule has 3 heterocycles. The van der Waals surface area contributed by atoms with Crippen molar-refractivity contribution >= 4 is 11.7 Å². The van der Waals surface area contributed by atoms with Gasteiger partial charge in [0.2, 0.25) is 0 Å². The first-order valence-corrected chi connectivity index (χ1v) is 8.57. The molecular formula is C18H24N4O2. The molecule has 1 aromatic rings. The lowest BCUT2D eigenvalue weighted by molar-refractivity contribution is -0.141. The Labute approximate surface area is 143 Å². The Morgan fingerprint density at radius 1 is 1.29 bits per heavy atom. The highest BCUT2D eigenvalue weighted by Crippen LogP contribution is 2.33. The fraction of sp³-hybridized carbons (Fsp3) is 0.611. The summed E-state index contributed by atoms with van der Waals surface area (Å²) < 4.78 is 6.03. The van der Waals surface area contributed by atoms with Crippen molar-refractivity contribution in [1.29, 1.82) is 5.26 Å². The Morgan fingerprint density at radius 2 is 2.04 bits per heavy atom. The van der Waals surface area contributed by atoms with Crippen LogP contribution in [0.3, 0.4) is 0 Å². The van der Waals surface area contributed by atoms with Gasteiger partial charge < -0.3 is 14.5 Å². The number of nitriles is 1. The average Bonchev–Trinajstić information content (AvgIpc) is 3.11. The van der Waals surface area contributed by atoms with E-state index in [1.165, 1.54) is 0 Å². The Bertz CT molecular complexity index is 632. The van der Waals surface area contributed by atoms with E-state index in [0.717, 1.165) is 44.6 Å². The van der Waals surface area contributed by atoms with Crippen molar-refractivity contribution in [3.63, 3.8) is 0 Å². The molecule has 2 saturated heterocycles. The third-order valence-corrected chi connectivity index (χ3v) is 5.01. The van der Waals surface area contributed by atoms with E-state index in [1.54, 1.807) is 25.1 Å². The maximum Gasteiger partial charge on any atom is 0.251 e. The molecule has 0 aromatic carbocycles. The van der Waals surface area contributed by atoms with Crippen molar-refractivity contribution in [3.8, 4) is 6.07 Å². The zero-order chi connectivity index (χ0) is 17.1. The van der Waals surface area contributed by atoms with Crippen molar-refractivity contribution in [1.82, 2.24) is 9.88 Å². The molecule has 2 aliphatic rings. The molecule has 0 aliphatic carbocycles. The molecule has 3 rings (SSSR count). The summed E-state index contributed by atoms with van der Waals surface area (Å²) in [4.78, 5) is 20.2. The minimum atomic E-state index is -0.267. The molecule has 0 N–H and O–H groups in total. The van der Waals surface area contributed by atoms with Crippen molar-refractivity contribution < 1.29 is 9.53 Å². The van der Waals surface area contributed by atoms with Crippen molar-refractivity contribution in [2.75, 3.05) is 32.1 Å². The number of pyridine rings is 1. The number of aromatic nitrogens is 1. The third kappa shape index (κ3) is 3.51. The molecule has 1 amide bonds. The van der Waals surface area contributed by atoms with Crippen molar-refractivity contribution in [2.45, 2.75) is 37.9 Å². The summed E-state index contributed by atoms with van der Waals surface area (Å²) in [5, 5.41) is 8.98. The van der Waals surface area contributed by atoms with Crippen LogP contribution in [0, 0.1) is 17.2 Å². The summed E-state index contributed by atoms with van der Waals surface area (Å²) >= 11 is 0. The second-order valence-corrected chi connectivity index (χ2v) is 6.79. The Hall–Kier alpha value is -2.13. The second-order valence-electron chi connectivity index (χ2n) is 6.79. The van der Waals surface area contributed by atoms with Crippen LogP contribution in [0.1, 0.15) is 31.4 Å². The summed E-state index contributed by atoms with van der Waals surface area (Å²) in [7, 11) is 3.56. The predicted molar refractivity (Wildman–Crippen MR) is 90.5 cm³/mol. The summed E-state index contributed by atoms with van der Waals surface area (Å²) in [5.74, 6) is 1.45. The molecular weight excluding hydrogens is 304 g/mol. The van der Waals surface area contributed by atoms with E-state index in [-0.39, 0.29) is 18.1 Å². The SMILES string of the molecule is CN(C)C(=O)[C@H]1CC[C@@H](C2CCN(c3cccc(C#N)n3)CC2)O1. The van der Waals surface area contributed by atoms with Gasteiger partial charge in [0.25, 0.3) is 5.91 Å². The number of anilines is 1. The van der Waals surface area contributed by atoms with E-state index in [9.17, 15) is 4.79 Å². The monoisotopic (exact) mass is 328 g/mol. The van der Waals surface area contributed by atoms with Crippen LogP contribution >= 0.6 is 0 Å². The summed E-state index contributed by atoms with van der Waals surface area (Å²) in [6, 6.07) is 7.65. The lowest BCUT2D eigenvalue weighted by atomic mass is 9.89. The molecule has 2 atom stereocenters. The topological polar surface area (TPSA) is 69.5 Å². The summed E-state index contributed by atoms with van der Waals surface area (Å²) in [6.45, 7) is 1.83. The van der Waals surface area contributed by atoms with Crippen LogP contribution in [-0.4, -0.2) is 55.2 Å². The van der Waals surface area contributed by atoms with Gasteiger partial charge in [-0.25, -0.2) is 4.98 Å². The predicted octanol–water partition coefficient (Wildman–Crippen LogP) is 1.81. The zero-order valence-corrected chi connectivity index (χ0v) is 14.3. The third-order valence-electron chi connectivity index (χ3n) is 5.01. The van der Waals surface area contributed by atoms with E-state index in [0.29, 0.717) is 11.6 Å². The Balaban J connectivity index is 1.54. The first-order valence-electron chi connectivity index (χ1n) is 8.57. The largest absolute Gasteiger partial charge is 0.365 e. The van der Waals surface area contributed by atoms with Gasteiger partial charge in [-0.05, 0) is 43.7 Å². The number of rotatable bonds is 3. The molecule has 0 bridgehead atoms. The van der Waals surface area contributed by atoms with Crippen LogP contribution in [0.15, 0.2) is 18.2 Å². The number of nitrogens with zero attached hydrogens (tertiary/aromatic N) is 4. The van der Waals surface area contributed by atoms with E-state index in [1.807, 2.05) is 12.1 Å². The van der Waals surface area contributed by atoms with Crippen LogP contribution in [0.2, 0.25) is 0 Å². The van der Waals surface area contributed by atoms with Crippen LogP contribution in [0.5, 0.6) is 0 Å². The van der Waals surface area contributed by atoms with Crippen LogP contribution in [0.25, 0.3) is 0 Å². The zero-order valence-electron chi connectivity index (χ0n) is 14.3. The van der Waals surface area contributed by atoms with Gasteiger partial charge in [0, 0.05) is 27.2 Å². The van der Waals surface area contributed by atoms with Gasteiger partial charge in [-0.2, -0.15) is 5.26 Å². The van der Waals surface area contributed by atoms with Gasteiger partial charge in [-0.3, -0.25) is 4.79 Å². The number of ether oxygens (including phenoxy) is 1. The van der Waals surface area contributed by atoms with Gasteiger partial charge >= 0.3 is 0 Å². The fourth-order valence-corrected chi connectivity index (χ4v) is 3.64. The Morgan fingerprint density at radius 3 is 2.71 bits per heavy atom. The maximum absolute atomic E-state index is 12.0. The number of amides is 1. The van der Waals surface area contributed by atoms with Crippen LogP contribution in [0.4, 0.5) is 5.82 Å². The Kier molecular flexibility index (Phi) is 5.00. The van der Waals surface area contributed by atoms with E-state index in [2.05, 4.69) is 16.0 Å². The van der Waals surface area contributed by atoms with Gasteiger partial charge in [0.05, 0.1) is 6.10 Å². The fourth-order valence-electron chi connectivity index (χ4n) is 3.64. The van der Waals surface area contributed by atoms with Crippen molar-refractivity contribution in [3.05, 3.63) is 23.9 Å². The number of piperidine rings is 1. The first-order chi connectivity index (χ1) is 11.6. The first kappa shape index (κ1) is 16.7. The lowest BCUT2D eigenvalue weighted by Gasteiger charge is -2.35. The second kappa shape index (κ2) is 7.18. The number of likely N-dealkylation sites (N-methyl/N-ethyl adjacent to an activating group) is 1. The molecule has 6 nitrogen and oxygen atoms in total. The molecule has 6 heteroatoms. The lowest BCUT2D eigenvalue weighted by Crippen LogP contribution is -2.39. The highest BCUT2D eigenvalue weighted by molar-refractivity contribution is 5.80. The molecule has 0 spiro atoms. The standard InChI is InChI=1S/C18H24N4O2/c1-21(2)18(23)16-7-6-15(24-16)13-8-10-22(11-9-13)17-5-3-4-14(12-19)20-17/h3-5,13,15-16H,6-11H2,1-2H3/t15-,16+/m0/s1. The van der Waals surface area contributed by atoms with E-state index >= 15 is 0 Å². The number of carbonyl (C=O) groups excluding carboxylic acids is 1.